The van der Waals surface area contributed by atoms with E-state index in [4.69, 9.17) is 12.2 Å². The van der Waals surface area contributed by atoms with Crippen molar-refractivity contribution in [1.29, 1.82) is 0 Å². The SMILES string of the molecule is O=C(CCCN1C(=O)C(=Cc2cccc(Br)c2)SC1=S)Nc1nccs1. The summed E-state index contributed by atoms with van der Waals surface area (Å²) in [5.74, 6) is -0.227. The third-order valence-corrected chi connectivity index (χ3v) is 6.04. The normalized spacial score (nSPS) is 15.7. The molecule has 0 radical (unpaired) electrons. The predicted octanol–water partition coefficient (Wildman–Crippen LogP) is 4.53. The van der Waals surface area contributed by atoms with Crippen molar-refractivity contribution >= 4 is 78.6 Å². The summed E-state index contributed by atoms with van der Waals surface area (Å²) in [5.41, 5.74) is 0.933. The van der Waals surface area contributed by atoms with Crippen molar-refractivity contribution in [1.82, 2.24) is 9.88 Å². The van der Waals surface area contributed by atoms with E-state index < -0.39 is 0 Å². The average molecular weight is 468 g/mol. The van der Waals surface area contributed by atoms with Crippen molar-refractivity contribution < 1.29 is 9.59 Å². The van der Waals surface area contributed by atoms with Gasteiger partial charge in [-0.25, -0.2) is 4.98 Å². The molecule has 0 atom stereocenters. The summed E-state index contributed by atoms with van der Waals surface area (Å²) in [6.45, 7) is 0.422. The lowest BCUT2D eigenvalue weighted by atomic mass is 10.2. The second-order valence-corrected chi connectivity index (χ2v) is 8.86. The van der Waals surface area contributed by atoms with E-state index in [9.17, 15) is 9.59 Å². The Morgan fingerprint density at radius 1 is 1.42 bits per heavy atom. The molecule has 1 fully saturated rings. The maximum Gasteiger partial charge on any atom is 0.266 e. The minimum Gasteiger partial charge on any atom is -0.302 e. The van der Waals surface area contributed by atoms with Gasteiger partial charge in [0.2, 0.25) is 5.91 Å². The maximum absolute atomic E-state index is 12.6. The zero-order valence-corrected chi connectivity index (χ0v) is 17.5. The molecule has 0 bridgehead atoms. The highest BCUT2D eigenvalue weighted by Gasteiger charge is 2.31. The molecule has 3 rings (SSSR count). The van der Waals surface area contributed by atoms with Crippen LogP contribution >= 0.6 is 51.2 Å². The van der Waals surface area contributed by atoms with E-state index in [1.54, 1.807) is 16.5 Å². The fourth-order valence-electron chi connectivity index (χ4n) is 2.31. The first-order valence-electron chi connectivity index (χ1n) is 7.73. The number of rotatable bonds is 6. The summed E-state index contributed by atoms with van der Waals surface area (Å²) in [5, 5.41) is 5.11. The van der Waals surface area contributed by atoms with E-state index >= 15 is 0 Å². The molecule has 26 heavy (non-hydrogen) atoms. The third kappa shape index (κ3) is 5.00. The molecule has 5 nitrogen and oxygen atoms in total. The highest BCUT2D eigenvalue weighted by Crippen LogP contribution is 2.33. The summed E-state index contributed by atoms with van der Waals surface area (Å²) in [6, 6.07) is 7.72. The van der Waals surface area contributed by atoms with Gasteiger partial charge in [-0.3, -0.25) is 14.5 Å². The van der Waals surface area contributed by atoms with E-state index in [2.05, 4.69) is 26.2 Å². The van der Waals surface area contributed by atoms with Crippen LogP contribution in [0.25, 0.3) is 6.08 Å². The van der Waals surface area contributed by atoms with Gasteiger partial charge >= 0.3 is 0 Å². The molecule has 2 heterocycles. The van der Waals surface area contributed by atoms with Crippen LogP contribution in [0.1, 0.15) is 18.4 Å². The van der Waals surface area contributed by atoms with Crippen molar-refractivity contribution in [3.8, 4) is 0 Å². The van der Waals surface area contributed by atoms with E-state index in [1.807, 2.05) is 30.3 Å². The summed E-state index contributed by atoms with van der Waals surface area (Å²) in [6.07, 6.45) is 4.31. The number of thiazole rings is 1. The minimum absolute atomic E-state index is 0.111. The van der Waals surface area contributed by atoms with Crippen molar-refractivity contribution in [3.05, 3.63) is 50.8 Å². The zero-order valence-electron chi connectivity index (χ0n) is 13.5. The van der Waals surface area contributed by atoms with Crippen LogP contribution in [0, 0.1) is 0 Å². The number of halogens is 1. The summed E-state index contributed by atoms with van der Waals surface area (Å²) in [7, 11) is 0. The molecule has 2 aromatic rings. The van der Waals surface area contributed by atoms with Crippen LogP contribution in [0.2, 0.25) is 0 Å². The van der Waals surface area contributed by atoms with Crippen molar-refractivity contribution in [2.24, 2.45) is 0 Å². The van der Waals surface area contributed by atoms with Crippen LogP contribution in [0.4, 0.5) is 5.13 Å². The number of thiocarbonyl (C=S) groups is 1. The number of carbonyl (C=O) groups excluding carboxylic acids is 2. The van der Waals surface area contributed by atoms with Crippen molar-refractivity contribution in [2.45, 2.75) is 12.8 Å². The molecular weight excluding hydrogens is 454 g/mol. The standard InChI is InChI=1S/C17H14BrN3O2S3/c18-12-4-1-3-11(9-12)10-13-15(23)21(17(24)26-13)7-2-5-14(22)20-16-19-6-8-25-16/h1,3-4,6,8-10H,2,5,7H2,(H,19,20,22). The molecule has 1 saturated heterocycles. The Morgan fingerprint density at radius 2 is 2.27 bits per heavy atom. The molecule has 1 aliphatic heterocycles. The van der Waals surface area contributed by atoms with Gasteiger partial charge in [-0.15, -0.1) is 11.3 Å². The topological polar surface area (TPSA) is 62.3 Å². The fraction of sp³-hybridized carbons (Fsp3) is 0.176. The van der Waals surface area contributed by atoms with Gasteiger partial charge in [0.05, 0.1) is 4.91 Å². The molecular formula is C17H14BrN3O2S3. The van der Waals surface area contributed by atoms with E-state index in [0.717, 1.165) is 10.0 Å². The molecule has 1 N–H and O–H groups in total. The van der Waals surface area contributed by atoms with Crippen LogP contribution in [-0.2, 0) is 9.59 Å². The molecule has 134 valence electrons. The van der Waals surface area contributed by atoms with Gasteiger partial charge in [0.15, 0.2) is 5.13 Å². The molecule has 0 saturated carbocycles. The number of benzene rings is 1. The summed E-state index contributed by atoms with van der Waals surface area (Å²) < 4.78 is 1.48. The second kappa shape index (κ2) is 8.90. The monoisotopic (exact) mass is 467 g/mol. The maximum atomic E-state index is 12.6. The van der Waals surface area contributed by atoms with Gasteiger partial charge < -0.3 is 5.32 Å². The summed E-state index contributed by atoms with van der Waals surface area (Å²) >= 11 is 11.4. The first-order chi connectivity index (χ1) is 12.5. The molecule has 0 aliphatic carbocycles. The Morgan fingerprint density at radius 3 is 3.00 bits per heavy atom. The lowest BCUT2D eigenvalue weighted by Crippen LogP contribution is -2.29. The highest BCUT2D eigenvalue weighted by molar-refractivity contribution is 9.10. The number of nitrogens with zero attached hydrogens (tertiary/aromatic N) is 2. The van der Waals surface area contributed by atoms with E-state index in [0.29, 0.717) is 33.7 Å². The molecule has 2 amide bonds. The summed E-state index contributed by atoms with van der Waals surface area (Å²) in [4.78, 5) is 30.6. The molecule has 9 heteroatoms. The number of nitrogens with one attached hydrogen (secondary N) is 1. The molecule has 0 unspecified atom stereocenters. The smallest absolute Gasteiger partial charge is 0.266 e. The quantitative estimate of drug-likeness (QED) is 0.499. The predicted molar refractivity (Wildman–Crippen MR) is 114 cm³/mol. The van der Waals surface area contributed by atoms with E-state index in [-0.39, 0.29) is 11.8 Å². The highest BCUT2D eigenvalue weighted by atomic mass is 79.9. The van der Waals surface area contributed by atoms with Crippen LogP contribution < -0.4 is 5.32 Å². The Kier molecular flexibility index (Phi) is 6.58. The molecule has 0 spiro atoms. The molecule has 1 aromatic heterocycles. The average Bonchev–Trinajstić information content (AvgIpc) is 3.18. The van der Waals surface area contributed by atoms with Crippen LogP contribution in [0.15, 0.2) is 45.2 Å². The minimum atomic E-state index is -0.116. The van der Waals surface area contributed by atoms with Crippen molar-refractivity contribution in [3.63, 3.8) is 0 Å². The van der Waals surface area contributed by atoms with Gasteiger partial charge in [-0.05, 0) is 30.2 Å². The van der Waals surface area contributed by atoms with Crippen LogP contribution in [-0.4, -0.2) is 32.6 Å². The van der Waals surface area contributed by atoms with Crippen LogP contribution in [0.5, 0.6) is 0 Å². The van der Waals surface area contributed by atoms with Gasteiger partial charge in [-0.1, -0.05) is 52.0 Å². The van der Waals surface area contributed by atoms with Gasteiger partial charge in [0.1, 0.15) is 4.32 Å². The molecule has 1 aliphatic rings. The van der Waals surface area contributed by atoms with Gasteiger partial charge in [-0.2, -0.15) is 0 Å². The lowest BCUT2D eigenvalue weighted by molar-refractivity contribution is -0.122. The second-order valence-electron chi connectivity index (χ2n) is 5.38. The first kappa shape index (κ1) is 19.2. The lowest BCUT2D eigenvalue weighted by Gasteiger charge is -2.13. The zero-order chi connectivity index (χ0) is 18.5. The number of aromatic nitrogens is 1. The Hall–Kier alpha value is -1.55. The number of hydrogen-bond donors (Lipinski definition) is 1. The largest absolute Gasteiger partial charge is 0.302 e. The van der Waals surface area contributed by atoms with Crippen molar-refractivity contribution in [2.75, 3.05) is 11.9 Å². The number of anilines is 1. The number of amides is 2. The van der Waals surface area contributed by atoms with E-state index in [1.165, 1.54) is 23.1 Å². The first-order valence-corrected chi connectivity index (χ1v) is 10.6. The Balaban J connectivity index is 1.55. The van der Waals surface area contributed by atoms with Gasteiger partial charge in [0.25, 0.3) is 5.91 Å². The number of thioether (sulfide) groups is 1. The third-order valence-electron chi connectivity index (χ3n) is 3.48. The van der Waals surface area contributed by atoms with Gasteiger partial charge in [0, 0.05) is 29.0 Å². The van der Waals surface area contributed by atoms with Crippen LogP contribution in [0.3, 0.4) is 0 Å². The molecule has 1 aromatic carbocycles. The Bertz CT molecular complexity index is 868. The number of hydrogen-bond acceptors (Lipinski definition) is 6. The Labute approximate surface area is 173 Å². The fourth-order valence-corrected chi connectivity index (χ4v) is 4.58. The number of carbonyl (C=O) groups is 2.